The highest BCUT2D eigenvalue weighted by Crippen LogP contribution is 2.32. The molecule has 0 unspecified atom stereocenters. The predicted octanol–water partition coefficient (Wildman–Crippen LogP) is 2.27. The molecule has 0 aromatic heterocycles. The molecular weight excluding hydrogens is 332 g/mol. The van der Waals surface area contributed by atoms with Crippen molar-refractivity contribution < 1.29 is 19.0 Å². The standard InChI is InChI=1S/C20H28N2O4/c23-20(4-2-16-5-11-24-12-6-16)22-9-7-21(8-10-22)14-17-1-3-18-19(13-17)26-15-25-18/h1,3,13,16H,2,4-12,14-15H2. The molecule has 0 spiro atoms. The van der Waals surface area contributed by atoms with Crippen molar-refractivity contribution in [2.24, 2.45) is 5.92 Å². The summed E-state index contributed by atoms with van der Waals surface area (Å²) in [4.78, 5) is 16.9. The summed E-state index contributed by atoms with van der Waals surface area (Å²) in [5.74, 6) is 2.65. The van der Waals surface area contributed by atoms with Gasteiger partial charge in [-0.15, -0.1) is 0 Å². The molecular formula is C20H28N2O4. The Morgan fingerprint density at radius 3 is 2.62 bits per heavy atom. The van der Waals surface area contributed by atoms with Gasteiger partial charge < -0.3 is 19.1 Å². The van der Waals surface area contributed by atoms with Gasteiger partial charge in [0, 0.05) is 52.4 Å². The summed E-state index contributed by atoms with van der Waals surface area (Å²) in [7, 11) is 0. The molecule has 0 bridgehead atoms. The molecule has 3 aliphatic rings. The Kier molecular flexibility index (Phi) is 5.60. The third kappa shape index (κ3) is 4.30. The van der Waals surface area contributed by atoms with Gasteiger partial charge in [-0.2, -0.15) is 0 Å². The number of carbonyl (C=O) groups excluding carboxylic acids is 1. The van der Waals surface area contributed by atoms with Crippen molar-refractivity contribution in [3.05, 3.63) is 23.8 Å². The molecule has 0 N–H and O–H groups in total. The third-order valence-electron chi connectivity index (χ3n) is 5.68. The van der Waals surface area contributed by atoms with Crippen molar-refractivity contribution in [1.82, 2.24) is 9.80 Å². The molecule has 0 radical (unpaired) electrons. The topological polar surface area (TPSA) is 51.2 Å². The molecule has 1 aromatic carbocycles. The van der Waals surface area contributed by atoms with Gasteiger partial charge >= 0.3 is 0 Å². The van der Waals surface area contributed by atoms with Crippen LogP contribution < -0.4 is 9.47 Å². The fourth-order valence-corrected chi connectivity index (χ4v) is 3.97. The van der Waals surface area contributed by atoms with Crippen molar-refractivity contribution in [2.75, 3.05) is 46.2 Å². The van der Waals surface area contributed by atoms with Crippen LogP contribution in [-0.2, 0) is 16.1 Å². The molecule has 2 fully saturated rings. The second kappa shape index (κ2) is 8.27. The van der Waals surface area contributed by atoms with Gasteiger partial charge in [0.2, 0.25) is 12.7 Å². The lowest BCUT2D eigenvalue weighted by molar-refractivity contribution is -0.133. The van der Waals surface area contributed by atoms with Crippen molar-refractivity contribution in [2.45, 2.75) is 32.2 Å². The number of ether oxygens (including phenoxy) is 3. The van der Waals surface area contributed by atoms with E-state index in [9.17, 15) is 4.79 Å². The van der Waals surface area contributed by atoms with Gasteiger partial charge in [-0.05, 0) is 42.9 Å². The van der Waals surface area contributed by atoms with E-state index in [-0.39, 0.29) is 0 Å². The molecule has 26 heavy (non-hydrogen) atoms. The second-order valence-corrected chi connectivity index (χ2v) is 7.44. The molecule has 6 nitrogen and oxygen atoms in total. The van der Waals surface area contributed by atoms with Crippen molar-refractivity contribution in [3.63, 3.8) is 0 Å². The Morgan fingerprint density at radius 1 is 1.04 bits per heavy atom. The van der Waals surface area contributed by atoms with Crippen LogP contribution in [0.1, 0.15) is 31.2 Å². The quantitative estimate of drug-likeness (QED) is 0.806. The van der Waals surface area contributed by atoms with Crippen LogP contribution in [0, 0.1) is 5.92 Å². The summed E-state index contributed by atoms with van der Waals surface area (Å²) in [5.41, 5.74) is 1.23. The highest BCUT2D eigenvalue weighted by atomic mass is 16.7. The SMILES string of the molecule is O=C(CCC1CCOCC1)N1CCN(Cc2ccc3c(c2)OCO3)CC1. The molecule has 2 saturated heterocycles. The first kappa shape index (κ1) is 17.6. The third-order valence-corrected chi connectivity index (χ3v) is 5.68. The number of benzene rings is 1. The van der Waals surface area contributed by atoms with E-state index < -0.39 is 0 Å². The average molecular weight is 360 g/mol. The fourth-order valence-electron chi connectivity index (χ4n) is 3.97. The molecule has 0 saturated carbocycles. The molecule has 0 atom stereocenters. The number of carbonyl (C=O) groups is 1. The van der Waals surface area contributed by atoms with Crippen LogP contribution >= 0.6 is 0 Å². The number of rotatable bonds is 5. The first-order valence-electron chi connectivity index (χ1n) is 9.74. The van der Waals surface area contributed by atoms with E-state index in [1.165, 1.54) is 5.56 Å². The largest absolute Gasteiger partial charge is 0.454 e. The normalized spacial score (nSPS) is 21.2. The van der Waals surface area contributed by atoms with Crippen LogP contribution in [-0.4, -0.2) is 61.9 Å². The Morgan fingerprint density at radius 2 is 1.81 bits per heavy atom. The van der Waals surface area contributed by atoms with Crippen molar-refractivity contribution in [1.29, 1.82) is 0 Å². The van der Waals surface area contributed by atoms with Crippen molar-refractivity contribution >= 4 is 5.91 Å². The molecule has 142 valence electrons. The van der Waals surface area contributed by atoms with E-state index in [1.54, 1.807) is 0 Å². The maximum absolute atomic E-state index is 12.5. The summed E-state index contributed by atoms with van der Waals surface area (Å²) < 4.78 is 16.2. The van der Waals surface area contributed by atoms with Crippen molar-refractivity contribution in [3.8, 4) is 11.5 Å². The maximum atomic E-state index is 12.5. The Balaban J connectivity index is 1.20. The monoisotopic (exact) mass is 360 g/mol. The summed E-state index contributed by atoms with van der Waals surface area (Å²) in [6, 6.07) is 6.14. The first-order valence-corrected chi connectivity index (χ1v) is 9.74. The van der Waals surface area contributed by atoms with E-state index in [2.05, 4.69) is 17.0 Å². The molecule has 0 aliphatic carbocycles. The molecule has 6 heteroatoms. The van der Waals surface area contributed by atoms with Gasteiger partial charge in [0.15, 0.2) is 11.5 Å². The van der Waals surface area contributed by atoms with Crippen LogP contribution in [0.5, 0.6) is 11.5 Å². The van der Waals surface area contributed by atoms with Gasteiger partial charge in [0.05, 0.1) is 0 Å². The Hall–Kier alpha value is -1.79. The van der Waals surface area contributed by atoms with Crippen LogP contribution in [0.2, 0.25) is 0 Å². The zero-order valence-electron chi connectivity index (χ0n) is 15.3. The van der Waals surface area contributed by atoms with E-state index in [0.717, 1.165) is 76.7 Å². The molecule has 3 aliphatic heterocycles. The fraction of sp³-hybridized carbons (Fsp3) is 0.650. The minimum Gasteiger partial charge on any atom is -0.454 e. The van der Waals surface area contributed by atoms with Gasteiger partial charge in [-0.1, -0.05) is 6.07 Å². The number of nitrogens with zero attached hydrogens (tertiary/aromatic N) is 2. The molecule has 3 heterocycles. The summed E-state index contributed by atoms with van der Waals surface area (Å²) in [6.45, 7) is 6.44. The van der Waals surface area contributed by atoms with E-state index >= 15 is 0 Å². The molecule has 4 rings (SSSR count). The summed E-state index contributed by atoms with van der Waals surface area (Å²) in [5, 5.41) is 0. The summed E-state index contributed by atoms with van der Waals surface area (Å²) >= 11 is 0. The van der Waals surface area contributed by atoms with Gasteiger partial charge in [-0.25, -0.2) is 0 Å². The second-order valence-electron chi connectivity index (χ2n) is 7.44. The van der Waals surface area contributed by atoms with Crippen LogP contribution in [0.25, 0.3) is 0 Å². The lowest BCUT2D eigenvalue weighted by Gasteiger charge is -2.35. The van der Waals surface area contributed by atoms with Gasteiger partial charge in [-0.3, -0.25) is 9.69 Å². The van der Waals surface area contributed by atoms with Gasteiger partial charge in [0.1, 0.15) is 0 Å². The maximum Gasteiger partial charge on any atom is 0.231 e. The number of piperazine rings is 1. The lowest BCUT2D eigenvalue weighted by atomic mass is 9.94. The number of hydrogen-bond acceptors (Lipinski definition) is 5. The Bertz CT molecular complexity index is 622. The van der Waals surface area contributed by atoms with Gasteiger partial charge in [0.25, 0.3) is 0 Å². The average Bonchev–Trinajstić information content (AvgIpc) is 3.15. The zero-order valence-corrected chi connectivity index (χ0v) is 15.3. The van der Waals surface area contributed by atoms with Crippen LogP contribution in [0.3, 0.4) is 0 Å². The predicted molar refractivity (Wildman–Crippen MR) is 97.2 cm³/mol. The van der Waals surface area contributed by atoms with E-state index in [4.69, 9.17) is 14.2 Å². The number of fused-ring (bicyclic) bond motifs is 1. The van der Waals surface area contributed by atoms with E-state index in [0.29, 0.717) is 25.0 Å². The van der Waals surface area contributed by atoms with E-state index in [1.807, 2.05) is 11.0 Å². The molecule has 1 aromatic rings. The lowest BCUT2D eigenvalue weighted by Crippen LogP contribution is -2.48. The number of amides is 1. The minimum atomic E-state index is 0.313. The number of hydrogen-bond donors (Lipinski definition) is 0. The van der Waals surface area contributed by atoms with Crippen LogP contribution in [0.15, 0.2) is 18.2 Å². The van der Waals surface area contributed by atoms with Crippen LogP contribution in [0.4, 0.5) is 0 Å². The highest BCUT2D eigenvalue weighted by Gasteiger charge is 2.23. The smallest absolute Gasteiger partial charge is 0.231 e. The summed E-state index contributed by atoms with van der Waals surface area (Å²) in [6.07, 6.45) is 3.92. The first-order chi connectivity index (χ1) is 12.8. The zero-order chi connectivity index (χ0) is 17.8. The minimum absolute atomic E-state index is 0.313. The highest BCUT2D eigenvalue weighted by molar-refractivity contribution is 5.76. The Labute approximate surface area is 155 Å². The molecule has 1 amide bonds.